The Hall–Kier alpha value is -2.07. The molecule has 100 valence electrons. The first-order valence-electron chi connectivity index (χ1n) is 5.98. The van der Waals surface area contributed by atoms with Crippen LogP contribution >= 0.6 is 0 Å². The van der Waals surface area contributed by atoms with Crippen molar-refractivity contribution < 1.29 is 14.2 Å². The van der Waals surface area contributed by atoms with Crippen LogP contribution in [0.3, 0.4) is 0 Å². The minimum atomic E-state index is -0.745. The number of aliphatic hydroxyl groups is 1. The highest BCUT2D eigenvalue weighted by Crippen LogP contribution is 2.21. The van der Waals surface area contributed by atoms with Gasteiger partial charge in [-0.25, -0.2) is 4.39 Å². The second-order valence-corrected chi connectivity index (χ2v) is 4.40. The van der Waals surface area contributed by atoms with Crippen LogP contribution in [0.15, 0.2) is 42.5 Å². The summed E-state index contributed by atoms with van der Waals surface area (Å²) >= 11 is 0. The van der Waals surface area contributed by atoms with E-state index in [9.17, 15) is 9.50 Å². The highest BCUT2D eigenvalue weighted by Gasteiger charge is 2.09. The van der Waals surface area contributed by atoms with Crippen molar-refractivity contribution in [3.8, 4) is 5.75 Å². The smallest absolute Gasteiger partial charge is 0.123 e. The molecule has 2 rings (SSSR count). The van der Waals surface area contributed by atoms with E-state index in [0.717, 1.165) is 5.56 Å². The summed E-state index contributed by atoms with van der Waals surface area (Å²) in [6.07, 6.45) is -0.745. The fourth-order valence-electron chi connectivity index (χ4n) is 1.76. The van der Waals surface area contributed by atoms with Gasteiger partial charge in [-0.1, -0.05) is 12.1 Å². The summed E-state index contributed by atoms with van der Waals surface area (Å²) in [5, 5.41) is 9.98. The quantitative estimate of drug-likeness (QED) is 0.832. The van der Waals surface area contributed by atoms with E-state index in [4.69, 9.17) is 10.5 Å². The summed E-state index contributed by atoms with van der Waals surface area (Å²) in [4.78, 5) is 0. The van der Waals surface area contributed by atoms with Gasteiger partial charge in [-0.3, -0.25) is 0 Å². The third-order valence-corrected chi connectivity index (χ3v) is 2.85. The second-order valence-electron chi connectivity index (χ2n) is 4.40. The van der Waals surface area contributed by atoms with Crippen molar-refractivity contribution in [2.45, 2.75) is 13.0 Å². The second kappa shape index (κ2) is 5.71. The molecule has 1 unspecified atom stereocenters. The molecular formula is C15H16FNO2. The third-order valence-electron chi connectivity index (χ3n) is 2.85. The van der Waals surface area contributed by atoms with Crippen molar-refractivity contribution in [1.29, 1.82) is 0 Å². The number of nitrogen functional groups attached to an aromatic ring is 1. The van der Waals surface area contributed by atoms with Crippen LogP contribution in [0.25, 0.3) is 0 Å². The molecule has 0 fully saturated rings. The molecule has 0 saturated carbocycles. The summed E-state index contributed by atoms with van der Waals surface area (Å²) in [5.74, 6) is 0.264. The predicted octanol–water partition coefficient (Wildman–Crippen LogP) is 2.83. The van der Waals surface area contributed by atoms with E-state index in [1.54, 1.807) is 37.3 Å². The number of rotatable bonds is 4. The lowest BCUT2D eigenvalue weighted by Crippen LogP contribution is -2.10. The Kier molecular flexibility index (Phi) is 4.02. The molecule has 0 aliphatic rings. The van der Waals surface area contributed by atoms with Gasteiger partial charge < -0.3 is 15.6 Å². The van der Waals surface area contributed by atoms with Gasteiger partial charge in [0.15, 0.2) is 0 Å². The Morgan fingerprint density at radius 1 is 1.21 bits per heavy atom. The molecule has 0 amide bonds. The van der Waals surface area contributed by atoms with E-state index >= 15 is 0 Å². The third kappa shape index (κ3) is 3.45. The predicted molar refractivity (Wildman–Crippen MR) is 72.4 cm³/mol. The highest BCUT2D eigenvalue weighted by molar-refractivity contribution is 5.40. The first kappa shape index (κ1) is 13.4. The minimum Gasteiger partial charge on any atom is -0.490 e. The van der Waals surface area contributed by atoms with Crippen LogP contribution in [-0.2, 0) is 0 Å². The number of halogens is 1. The van der Waals surface area contributed by atoms with Crippen LogP contribution in [0.5, 0.6) is 5.75 Å². The van der Waals surface area contributed by atoms with Crippen molar-refractivity contribution in [2.75, 3.05) is 12.3 Å². The lowest BCUT2D eigenvalue weighted by Gasteiger charge is -2.14. The van der Waals surface area contributed by atoms with Crippen LogP contribution in [0.4, 0.5) is 10.1 Å². The molecule has 3 nitrogen and oxygen atoms in total. The molecule has 0 heterocycles. The van der Waals surface area contributed by atoms with Crippen LogP contribution in [0, 0.1) is 12.7 Å². The monoisotopic (exact) mass is 261 g/mol. The van der Waals surface area contributed by atoms with Gasteiger partial charge in [-0.05, 0) is 48.4 Å². The average molecular weight is 261 g/mol. The molecule has 1 atom stereocenters. The first-order chi connectivity index (χ1) is 9.06. The molecule has 0 radical (unpaired) electrons. The maximum atomic E-state index is 12.9. The number of aliphatic hydroxyl groups excluding tert-OH is 1. The first-order valence-corrected chi connectivity index (χ1v) is 5.98. The molecule has 0 saturated heterocycles. The Labute approximate surface area is 111 Å². The van der Waals surface area contributed by atoms with E-state index in [1.165, 1.54) is 12.1 Å². The molecule has 0 aliphatic heterocycles. The topological polar surface area (TPSA) is 55.5 Å². The summed E-state index contributed by atoms with van der Waals surface area (Å²) in [6, 6.07) is 11.2. The molecular weight excluding hydrogens is 245 g/mol. The van der Waals surface area contributed by atoms with Crippen molar-refractivity contribution in [3.63, 3.8) is 0 Å². The highest BCUT2D eigenvalue weighted by atomic mass is 19.1. The summed E-state index contributed by atoms with van der Waals surface area (Å²) < 4.78 is 18.4. The van der Waals surface area contributed by atoms with Crippen LogP contribution in [0.1, 0.15) is 17.2 Å². The van der Waals surface area contributed by atoms with E-state index < -0.39 is 6.10 Å². The maximum Gasteiger partial charge on any atom is 0.123 e. The maximum absolute atomic E-state index is 12.9. The van der Waals surface area contributed by atoms with E-state index in [0.29, 0.717) is 17.0 Å². The Balaban J connectivity index is 2.00. The molecule has 0 aromatic heterocycles. The number of hydrogen-bond donors (Lipinski definition) is 2. The molecule has 2 aromatic rings. The Morgan fingerprint density at radius 2 is 1.89 bits per heavy atom. The van der Waals surface area contributed by atoms with Gasteiger partial charge in [0.1, 0.15) is 24.3 Å². The Morgan fingerprint density at radius 3 is 2.53 bits per heavy atom. The van der Waals surface area contributed by atoms with Crippen LogP contribution in [0.2, 0.25) is 0 Å². The SMILES string of the molecule is Cc1cc(F)ccc1OCC(O)c1ccc(N)cc1. The number of hydrogen-bond acceptors (Lipinski definition) is 3. The van der Waals surface area contributed by atoms with Crippen LogP contribution < -0.4 is 10.5 Å². The van der Waals surface area contributed by atoms with Crippen molar-refractivity contribution in [2.24, 2.45) is 0 Å². The van der Waals surface area contributed by atoms with E-state index in [1.807, 2.05) is 0 Å². The molecule has 0 aliphatic carbocycles. The lowest BCUT2D eigenvalue weighted by atomic mass is 10.1. The molecule has 4 heteroatoms. The van der Waals surface area contributed by atoms with Gasteiger partial charge in [0.05, 0.1) is 0 Å². The molecule has 0 bridgehead atoms. The average Bonchev–Trinajstić information content (AvgIpc) is 2.38. The normalized spacial score (nSPS) is 12.2. The summed E-state index contributed by atoms with van der Waals surface area (Å²) in [6.45, 7) is 1.87. The molecule has 3 N–H and O–H groups in total. The number of nitrogens with two attached hydrogens (primary N) is 1. The van der Waals surface area contributed by atoms with Crippen molar-refractivity contribution in [3.05, 3.63) is 59.4 Å². The number of anilines is 1. The zero-order valence-electron chi connectivity index (χ0n) is 10.6. The van der Waals surface area contributed by atoms with Gasteiger partial charge in [0, 0.05) is 5.69 Å². The van der Waals surface area contributed by atoms with Gasteiger partial charge in [0.2, 0.25) is 0 Å². The van der Waals surface area contributed by atoms with Crippen molar-refractivity contribution >= 4 is 5.69 Å². The van der Waals surface area contributed by atoms with Crippen LogP contribution in [-0.4, -0.2) is 11.7 Å². The van der Waals surface area contributed by atoms with E-state index in [2.05, 4.69) is 0 Å². The van der Waals surface area contributed by atoms with Gasteiger partial charge in [0.25, 0.3) is 0 Å². The standard InChI is InChI=1S/C15H16FNO2/c1-10-8-12(16)4-7-15(10)19-9-14(18)11-2-5-13(17)6-3-11/h2-8,14,18H,9,17H2,1H3. The summed E-state index contributed by atoms with van der Waals surface area (Å²) in [5.41, 5.74) is 7.65. The number of ether oxygens (including phenoxy) is 1. The fraction of sp³-hybridized carbons (Fsp3) is 0.200. The zero-order chi connectivity index (χ0) is 13.8. The molecule has 19 heavy (non-hydrogen) atoms. The van der Waals surface area contributed by atoms with Gasteiger partial charge in [-0.2, -0.15) is 0 Å². The zero-order valence-corrected chi connectivity index (χ0v) is 10.6. The molecule has 2 aromatic carbocycles. The fourth-order valence-corrected chi connectivity index (χ4v) is 1.76. The van der Waals surface area contributed by atoms with Gasteiger partial charge in [-0.15, -0.1) is 0 Å². The largest absolute Gasteiger partial charge is 0.490 e. The Bertz CT molecular complexity index is 555. The lowest BCUT2D eigenvalue weighted by molar-refractivity contribution is 0.108. The minimum absolute atomic E-state index is 0.108. The molecule has 0 spiro atoms. The number of benzene rings is 2. The number of aryl methyl sites for hydroxylation is 1. The summed E-state index contributed by atoms with van der Waals surface area (Å²) in [7, 11) is 0. The van der Waals surface area contributed by atoms with E-state index in [-0.39, 0.29) is 12.4 Å². The van der Waals surface area contributed by atoms with Gasteiger partial charge >= 0.3 is 0 Å². The van der Waals surface area contributed by atoms with Crippen molar-refractivity contribution in [1.82, 2.24) is 0 Å².